The molecule has 2 nitrogen and oxygen atoms in total. The Bertz CT molecular complexity index is 623. The number of aryl methyl sites for hydroxylation is 1. The predicted molar refractivity (Wildman–Crippen MR) is 83.5 cm³/mol. The standard InChI is InChI=1S/C16H15Cl2NO/c1-10-6-8-12(9-7-10)11(2)19-16(20)13-4-3-5-14(17)15(13)18/h3-9,11H,1-2H3,(H,19,20). The first-order chi connectivity index (χ1) is 9.49. The summed E-state index contributed by atoms with van der Waals surface area (Å²) in [5.74, 6) is -0.231. The Kier molecular flexibility index (Phi) is 4.69. The molecule has 2 rings (SSSR count). The van der Waals surface area contributed by atoms with Crippen molar-refractivity contribution in [1.82, 2.24) is 5.32 Å². The summed E-state index contributed by atoms with van der Waals surface area (Å²) in [5, 5.41) is 3.58. The Labute approximate surface area is 128 Å². The van der Waals surface area contributed by atoms with Crippen molar-refractivity contribution in [3.8, 4) is 0 Å². The number of amides is 1. The Morgan fingerprint density at radius 2 is 1.75 bits per heavy atom. The molecule has 0 saturated carbocycles. The van der Waals surface area contributed by atoms with Crippen molar-refractivity contribution in [2.75, 3.05) is 0 Å². The number of halogens is 2. The van der Waals surface area contributed by atoms with E-state index in [1.807, 2.05) is 38.1 Å². The van der Waals surface area contributed by atoms with Gasteiger partial charge in [0, 0.05) is 0 Å². The van der Waals surface area contributed by atoms with Crippen molar-refractivity contribution in [2.45, 2.75) is 19.9 Å². The van der Waals surface area contributed by atoms with Crippen LogP contribution in [0.5, 0.6) is 0 Å². The third kappa shape index (κ3) is 3.33. The minimum absolute atomic E-state index is 0.0989. The Balaban J connectivity index is 2.15. The van der Waals surface area contributed by atoms with Crippen molar-refractivity contribution >= 4 is 29.1 Å². The zero-order chi connectivity index (χ0) is 14.7. The molecule has 0 bridgehead atoms. The summed E-state index contributed by atoms with van der Waals surface area (Å²) < 4.78 is 0. The number of benzene rings is 2. The Hall–Kier alpha value is -1.51. The van der Waals surface area contributed by atoms with Crippen LogP contribution in [0.2, 0.25) is 10.0 Å². The van der Waals surface area contributed by atoms with Crippen LogP contribution in [0.3, 0.4) is 0 Å². The van der Waals surface area contributed by atoms with Gasteiger partial charge in [-0.3, -0.25) is 4.79 Å². The fourth-order valence-corrected chi connectivity index (χ4v) is 2.28. The average molecular weight is 308 g/mol. The molecule has 0 aromatic heterocycles. The summed E-state index contributed by atoms with van der Waals surface area (Å²) in [6.07, 6.45) is 0. The van der Waals surface area contributed by atoms with Gasteiger partial charge in [-0.15, -0.1) is 0 Å². The van der Waals surface area contributed by atoms with Gasteiger partial charge in [-0.2, -0.15) is 0 Å². The fourth-order valence-electron chi connectivity index (χ4n) is 1.89. The Morgan fingerprint density at radius 3 is 2.40 bits per heavy atom. The highest BCUT2D eigenvalue weighted by atomic mass is 35.5. The third-order valence-electron chi connectivity index (χ3n) is 3.12. The van der Waals surface area contributed by atoms with Crippen LogP contribution in [0.4, 0.5) is 0 Å². The molecule has 2 aromatic rings. The first kappa shape index (κ1) is 14.9. The number of hydrogen-bond donors (Lipinski definition) is 1. The van der Waals surface area contributed by atoms with E-state index in [2.05, 4.69) is 5.32 Å². The van der Waals surface area contributed by atoms with E-state index in [1.165, 1.54) is 5.56 Å². The summed E-state index contributed by atoms with van der Waals surface area (Å²) in [6, 6.07) is 13.0. The lowest BCUT2D eigenvalue weighted by Crippen LogP contribution is -2.26. The lowest BCUT2D eigenvalue weighted by atomic mass is 10.1. The van der Waals surface area contributed by atoms with Crippen LogP contribution in [0.1, 0.15) is 34.5 Å². The van der Waals surface area contributed by atoms with Crippen LogP contribution >= 0.6 is 23.2 Å². The van der Waals surface area contributed by atoms with E-state index in [1.54, 1.807) is 18.2 Å². The number of rotatable bonds is 3. The van der Waals surface area contributed by atoms with Crippen LogP contribution in [-0.4, -0.2) is 5.91 Å². The largest absolute Gasteiger partial charge is 0.345 e. The molecule has 2 aromatic carbocycles. The van der Waals surface area contributed by atoms with E-state index in [9.17, 15) is 4.79 Å². The zero-order valence-corrected chi connectivity index (χ0v) is 12.8. The summed E-state index contributed by atoms with van der Waals surface area (Å²) >= 11 is 12.0. The summed E-state index contributed by atoms with van der Waals surface area (Å²) in [4.78, 5) is 12.2. The lowest BCUT2D eigenvalue weighted by Gasteiger charge is -2.15. The second kappa shape index (κ2) is 6.29. The number of carbonyl (C=O) groups excluding carboxylic acids is 1. The molecule has 1 N–H and O–H groups in total. The second-order valence-corrected chi connectivity index (χ2v) is 5.49. The van der Waals surface area contributed by atoms with Crippen molar-refractivity contribution in [3.63, 3.8) is 0 Å². The molecule has 0 aliphatic rings. The van der Waals surface area contributed by atoms with Gasteiger partial charge in [0.15, 0.2) is 0 Å². The molecule has 4 heteroatoms. The van der Waals surface area contributed by atoms with Crippen LogP contribution in [0.15, 0.2) is 42.5 Å². The quantitative estimate of drug-likeness (QED) is 0.867. The van der Waals surface area contributed by atoms with Gasteiger partial charge in [-0.25, -0.2) is 0 Å². The molecule has 1 atom stereocenters. The van der Waals surface area contributed by atoms with Crippen LogP contribution in [-0.2, 0) is 0 Å². The molecule has 1 amide bonds. The number of hydrogen-bond acceptors (Lipinski definition) is 1. The zero-order valence-electron chi connectivity index (χ0n) is 11.3. The van der Waals surface area contributed by atoms with Gasteiger partial charge in [-0.1, -0.05) is 59.1 Å². The molecule has 0 aliphatic heterocycles. The molecule has 0 spiro atoms. The molecule has 0 saturated heterocycles. The monoisotopic (exact) mass is 307 g/mol. The second-order valence-electron chi connectivity index (χ2n) is 4.71. The van der Waals surface area contributed by atoms with Crippen molar-refractivity contribution in [1.29, 1.82) is 0 Å². The average Bonchev–Trinajstić information content (AvgIpc) is 2.42. The van der Waals surface area contributed by atoms with Gasteiger partial charge in [0.05, 0.1) is 21.7 Å². The minimum Gasteiger partial charge on any atom is -0.345 e. The molecular formula is C16H15Cl2NO. The predicted octanol–water partition coefficient (Wildman–Crippen LogP) is 4.79. The van der Waals surface area contributed by atoms with Crippen LogP contribution < -0.4 is 5.32 Å². The SMILES string of the molecule is Cc1ccc(C(C)NC(=O)c2cccc(Cl)c2Cl)cc1. The van der Waals surface area contributed by atoms with Gasteiger partial charge in [0.25, 0.3) is 5.91 Å². The summed E-state index contributed by atoms with van der Waals surface area (Å²) in [7, 11) is 0. The maximum absolute atomic E-state index is 12.2. The van der Waals surface area contributed by atoms with E-state index in [-0.39, 0.29) is 17.0 Å². The van der Waals surface area contributed by atoms with Crippen molar-refractivity contribution in [3.05, 3.63) is 69.2 Å². The maximum Gasteiger partial charge on any atom is 0.253 e. The van der Waals surface area contributed by atoms with E-state index < -0.39 is 0 Å². The molecule has 0 fully saturated rings. The smallest absolute Gasteiger partial charge is 0.253 e. The molecule has 0 aliphatic carbocycles. The molecule has 0 radical (unpaired) electrons. The highest BCUT2D eigenvalue weighted by molar-refractivity contribution is 6.43. The van der Waals surface area contributed by atoms with E-state index >= 15 is 0 Å². The Morgan fingerprint density at radius 1 is 1.10 bits per heavy atom. The first-order valence-corrected chi connectivity index (χ1v) is 7.06. The third-order valence-corrected chi connectivity index (χ3v) is 3.94. The van der Waals surface area contributed by atoms with Gasteiger partial charge in [0.1, 0.15) is 0 Å². The first-order valence-electron chi connectivity index (χ1n) is 6.30. The molecule has 0 heterocycles. The topological polar surface area (TPSA) is 29.1 Å². The van der Waals surface area contributed by atoms with Gasteiger partial charge in [0.2, 0.25) is 0 Å². The van der Waals surface area contributed by atoms with E-state index in [4.69, 9.17) is 23.2 Å². The van der Waals surface area contributed by atoms with Crippen LogP contribution in [0.25, 0.3) is 0 Å². The molecule has 20 heavy (non-hydrogen) atoms. The number of carbonyl (C=O) groups is 1. The van der Waals surface area contributed by atoms with Crippen LogP contribution in [0, 0.1) is 6.92 Å². The van der Waals surface area contributed by atoms with Gasteiger partial charge in [-0.05, 0) is 31.5 Å². The highest BCUT2D eigenvalue weighted by Crippen LogP contribution is 2.26. The van der Waals surface area contributed by atoms with E-state index in [0.717, 1.165) is 5.56 Å². The van der Waals surface area contributed by atoms with Gasteiger partial charge >= 0.3 is 0 Å². The summed E-state index contributed by atoms with van der Waals surface area (Å²) in [6.45, 7) is 3.96. The fraction of sp³-hybridized carbons (Fsp3) is 0.188. The highest BCUT2D eigenvalue weighted by Gasteiger charge is 2.15. The maximum atomic E-state index is 12.2. The normalized spacial score (nSPS) is 12.0. The molecule has 1 unspecified atom stereocenters. The molecule has 104 valence electrons. The summed E-state index contributed by atoms with van der Waals surface area (Å²) in [5.41, 5.74) is 2.62. The minimum atomic E-state index is -0.231. The lowest BCUT2D eigenvalue weighted by molar-refractivity contribution is 0.0940. The van der Waals surface area contributed by atoms with E-state index in [0.29, 0.717) is 10.6 Å². The molecular weight excluding hydrogens is 293 g/mol. The van der Waals surface area contributed by atoms with Crippen molar-refractivity contribution in [2.24, 2.45) is 0 Å². The van der Waals surface area contributed by atoms with Crippen molar-refractivity contribution < 1.29 is 4.79 Å². The number of nitrogens with one attached hydrogen (secondary N) is 1. The van der Waals surface area contributed by atoms with Gasteiger partial charge < -0.3 is 5.32 Å².